The van der Waals surface area contributed by atoms with Crippen molar-refractivity contribution in [1.82, 2.24) is 14.8 Å². The van der Waals surface area contributed by atoms with E-state index < -0.39 is 5.97 Å². The molecule has 0 aliphatic rings. The number of aromatic nitrogens is 3. The van der Waals surface area contributed by atoms with Gasteiger partial charge < -0.3 is 14.0 Å². The van der Waals surface area contributed by atoms with Gasteiger partial charge in [-0.05, 0) is 12.1 Å². The number of nitrogens with one attached hydrogen (secondary N) is 1. The Morgan fingerprint density at radius 2 is 2.09 bits per heavy atom. The summed E-state index contributed by atoms with van der Waals surface area (Å²) in [5.74, 6) is 0.0795. The number of hydrogen-bond donors (Lipinski definition) is 1. The molecule has 0 saturated heterocycles. The lowest BCUT2D eigenvalue weighted by Crippen LogP contribution is -2.14. The Kier molecular flexibility index (Phi) is 3.61. The second-order valence-electron chi connectivity index (χ2n) is 5.01. The summed E-state index contributed by atoms with van der Waals surface area (Å²) in [6.45, 7) is 0. The normalized spacial score (nSPS) is 10.7. The molecule has 0 aliphatic heterocycles. The standard InChI is InChI=1S/C16H15N3O4/c1-19-8-9(4-5-13(19)20)10-6-11(16(21)23-3)14-12(7-17-18-14)15(10)22-2/h4-8H,1-3H3,(H,17,18). The number of carbonyl (C=O) groups is 1. The lowest BCUT2D eigenvalue weighted by atomic mass is 10.00. The Hall–Kier alpha value is -3.09. The van der Waals surface area contributed by atoms with Gasteiger partial charge in [0.1, 0.15) is 11.3 Å². The van der Waals surface area contributed by atoms with Gasteiger partial charge in [0.15, 0.2) is 0 Å². The molecule has 0 aliphatic carbocycles. The van der Waals surface area contributed by atoms with Gasteiger partial charge in [0.2, 0.25) is 5.56 Å². The van der Waals surface area contributed by atoms with Gasteiger partial charge in [0, 0.05) is 36.6 Å². The average molecular weight is 313 g/mol. The highest BCUT2D eigenvalue weighted by molar-refractivity contribution is 6.07. The van der Waals surface area contributed by atoms with Crippen molar-refractivity contribution in [3.8, 4) is 16.9 Å². The van der Waals surface area contributed by atoms with E-state index in [1.165, 1.54) is 17.7 Å². The second-order valence-corrected chi connectivity index (χ2v) is 5.01. The number of carbonyl (C=O) groups excluding carboxylic acids is 1. The number of rotatable bonds is 3. The van der Waals surface area contributed by atoms with Gasteiger partial charge in [-0.25, -0.2) is 4.79 Å². The van der Waals surface area contributed by atoms with Crippen LogP contribution in [-0.2, 0) is 11.8 Å². The third kappa shape index (κ3) is 2.36. The predicted octanol–water partition coefficient (Wildman–Crippen LogP) is 1.72. The third-order valence-corrected chi connectivity index (χ3v) is 3.68. The van der Waals surface area contributed by atoms with Gasteiger partial charge in [-0.3, -0.25) is 9.89 Å². The highest BCUT2D eigenvalue weighted by Crippen LogP contribution is 2.37. The Labute approximate surface area is 131 Å². The third-order valence-electron chi connectivity index (χ3n) is 3.68. The Morgan fingerprint density at radius 3 is 2.74 bits per heavy atom. The monoisotopic (exact) mass is 313 g/mol. The molecule has 2 heterocycles. The van der Waals surface area contributed by atoms with Gasteiger partial charge in [0.05, 0.1) is 25.2 Å². The van der Waals surface area contributed by atoms with Crippen LogP contribution in [0.25, 0.3) is 22.0 Å². The fourth-order valence-electron chi connectivity index (χ4n) is 2.54. The number of methoxy groups -OCH3 is 2. The topological polar surface area (TPSA) is 86.2 Å². The van der Waals surface area contributed by atoms with E-state index in [4.69, 9.17) is 9.47 Å². The van der Waals surface area contributed by atoms with Gasteiger partial charge in [-0.15, -0.1) is 0 Å². The van der Waals surface area contributed by atoms with Crippen molar-refractivity contribution in [3.63, 3.8) is 0 Å². The van der Waals surface area contributed by atoms with Crippen molar-refractivity contribution < 1.29 is 14.3 Å². The summed E-state index contributed by atoms with van der Waals surface area (Å²) in [7, 11) is 4.53. The van der Waals surface area contributed by atoms with Crippen LogP contribution in [0.1, 0.15) is 10.4 Å². The molecule has 0 bridgehead atoms. The average Bonchev–Trinajstić information content (AvgIpc) is 3.04. The molecule has 0 atom stereocenters. The minimum atomic E-state index is -0.490. The first-order chi connectivity index (χ1) is 11.1. The van der Waals surface area contributed by atoms with Crippen molar-refractivity contribution in [1.29, 1.82) is 0 Å². The molecule has 2 aromatic heterocycles. The van der Waals surface area contributed by atoms with Crippen molar-refractivity contribution >= 4 is 16.9 Å². The maximum atomic E-state index is 12.1. The van der Waals surface area contributed by atoms with Crippen LogP contribution in [0.15, 0.2) is 35.4 Å². The summed E-state index contributed by atoms with van der Waals surface area (Å²) in [6.07, 6.45) is 3.35. The molecular weight excluding hydrogens is 298 g/mol. The van der Waals surface area contributed by atoms with Gasteiger partial charge >= 0.3 is 5.97 Å². The number of aromatic amines is 1. The molecule has 0 radical (unpaired) electrons. The summed E-state index contributed by atoms with van der Waals surface area (Å²) in [4.78, 5) is 23.6. The van der Waals surface area contributed by atoms with E-state index in [1.54, 1.807) is 38.7 Å². The summed E-state index contributed by atoms with van der Waals surface area (Å²) in [5.41, 5.74) is 2.11. The van der Waals surface area contributed by atoms with Crippen molar-refractivity contribution in [2.75, 3.05) is 14.2 Å². The van der Waals surface area contributed by atoms with Crippen molar-refractivity contribution in [2.24, 2.45) is 7.05 Å². The zero-order valence-corrected chi connectivity index (χ0v) is 12.9. The largest absolute Gasteiger partial charge is 0.495 e. The quantitative estimate of drug-likeness (QED) is 0.744. The van der Waals surface area contributed by atoms with E-state index in [-0.39, 0.29) is 5.56 Å². The van der Waals surface area contributed by atoms with Gasteiger partial charge in [0.25, 0.3) is 0 Å². The predicted molar refractivity (Wildman–Crippen MR) is 84.7 cm³/mol. The van der Waals surface area contributed by atoms with Crippen LogP contribution in [-0.4, -0.2) is 35.0 Å². The molecule has 0 spiro atoms. The Balaban J connectivity index is 2.36. The van der Waals surface area contributed by atoms with Crippen LogP contribution in [0.5, 0.6) is 5.75 Å². The zero-order chi connectivity index (χ0) is 16.6. The first-order valence-corrected chi connectivity index (χ1v) is 6.86. The van der Waals surface area contributed by atoms with Crippen LogP contribution < -0.4 is 10.3 Å². The molecule has 0 saturated carbocycles. The van der Waals surface area contributed by atoms with Crippen LogP contribution in [0.3, 0.4) is 0 Å². The molecule has 0 fully saturated rings. The van der Waals surface area contributed by atoms with Crippen LogP contribution in [0, 0.1) is 0 Å². The number of hydrogen-bond acceptors (Lipinski definition) is 5. The minimum absolute atomic E-state index is 0.120. The van der Waals surface area contributed by atoms with Gasteiger partial charge in [-0.1, -0.05) is 0 Å². The number of H-pyrrole nitrogens is 1. The molecule has 0 amide bonds. The van der Waals surface area contributed by atoms with E-state index in [2.05, 4.69) is 10.2 Å². The van der Waals surface area contributed by atoms with Crippen LogP contribution in [0.4, 0.5) is 0 Å². The van der Waals surface area contributed by atoms with E-state index in [9.17, 15) is 9.59 Å². The number of aryl methyl sites for hydroxylation is 1. The number of pyridine rings is 1. The van der Waals surface area contributed by atoms with Crippen LogP contribution in [0.2, 0.25) is 0 Å². The lowest BCUT2D eigenvalue weighted by Gasteiger charge is -2.12. The van der Waals surface area contributed by atoms with E-state index in [1.807, 2.05) is 0 Å². The smallest absolute Gasteiger partial charge is 0.340 e. The molecule has 0 unspecified atom stereocenters. The van der Waals surface area contributed by atoms with Gasteiger partial charge in [-0.2, -0.15) is 5.10 Å². The number of ether oxygens (including phenoxy) is 2. The summed E-state index contributed by atoms with van der Waals surface area (Å²) >= 11 is 0. The molecule has 1 N–H and O–H groups in total. The van der Waals surface area contributed by atoms with Crippen molar-refractivity contribution in [2.45, 2.75) is 0 Å². The summed E-state index contributed by atoms with van der Waals surface area (Å²) in [5, 5.41) is 7.51. The maximum Gasteiger partial charge on any atom is 0.340 e. The lowest BCUT2D eigenvalue weighted by molar-refractivity contribution is 0.0603. The van der Waals surface area contributed by atoms with E-state index in [0.29, 0.717) is 27.8 Å². The molecule has 118 valence electrons. The summed E-state index contributed by atoms with van der Waals surface area (Å²) in [6, 6.07) is 4.81. The first kappa shape index (κ1) is 14.8. The first-order valence-electron chi connectivity index (χ1n) is 6.86. The van der Waals surface area contributed by atoms with Crippen molar-refractivity contribution in [3.05, 3.63) is 46.5 Å². The van der Waals surface area contributed by atoms with E-state index >= 15 is 0 Å². The molecule has 3 rings (SSSR count). The molecule has 1 aromatic carbocycles. The molecule has 23 heavy (non-hydrogen) atoms. The summed E-state index contributed by atoms with van der Waals surface area (Å²) < 4.78 is 11.8. The number of benzene rings is 1. The maximum absolute atomic E-state index is 12.1. The highest BCUT2D eigenvalue weighted by Gasteiger charge is 2.20. The molecule has 7 heteroatoms. The fourth-order valence-corrected chi connectivity index (χ4v) is 2.54. The fraction of sp³-hybridized carbons (Fsp3) is 0.188. The SMILES string of the molecule is COC(=O)c1cc(-c2ccc(=O)n(C)c2)c(OC)c2c[nH]nc12. The number of fused-ring (bicyclic) bond motifs is 1. The Bertz CT molecular complexity index is 956. The van der Waals surface area contributed by atoms with Crippen LogP contribution >= 0.6 is 0 Å². The van der Waals surface area contributed by atoms with E-state index in [0.717, 1.165) is 5.56 Å². The molecule has 7 nitrogen and oxygen atoms in total. The number of esters is 1. The number of nitrogens with zero attached hydrogens (tertiary/aromatic N) is 2. The molecular formula is C16H15N3O4. The second kappa shape index (κ2) is 5.60. The Morgan fingerprint density at radius 1 is 1.30 bits per heavy atom. The minimum Gasteiger partial charge on any atom is -0.495 e. The zero-order valence-electron chi connectivity index (χ0n) is 12.9. The highest BCUT2D eigenvalue weighted by atomic mass is 16.5. The molecule has 3 aromatic rings.